The first-order chi connectivity index (χ1) is 14.1. The van der Waals surface area contributed by atoms with Crippen LogP contribution in [-0.2, 0) is 4.74 Å². The highest BCUT2D eigenvalue weighted by atomic mass is 32.1. The van der Waals surface area contributed by atoms with Gasteiger partial charge in [0.15, 0.2) is 5.11 Å². The number of ether oxygens (including phenoxy) is 1. The molecule has 0 saturated carbocycles. The summed E-state index contributed by atoms with van der Waals surface area (Å²) >= 11 is 5.71. The van der Waals surface area contributed by atoms with Gasteiger partial charge in [-0.25, -0.2) is 0 Å². The quantitative estimate of drug-likeness (QED) is 0.624. The molecule has 3 aromatic rings. The van der Waals surface area contributed by atoms with Crippen LogP contribution < -0.4 is 5.32 Å². The van der Waals surface area contributed by atoms with Crippen molar-refractivity contribution in [1.82, 2.24) is 19.8 Å². The molecule has 4 rings (SSSR count). The Kier molecular flexibility index (Phi) is 5.65. The van der Waals surface area contributed by atoms with E-state index >= 15 is 0 Å². The smallest absolute Gasteiger partial charge is 0.170 e. The number of pyridine rings is 1. The number of aryl methyl sites for hydroxylation is 1. The van der Waals surface area contributed by atoms with E-state index in [0.717, 1.165) is 17.4 Å². The Hall–Kier alpha value is -2.70. The Labute approximate surface area is 177 Å². The molecule has 0 spiro atoms. The lowest BCUT2D eigenvalue weighted by atomic mass is 9.97. The molecular formula is C23H26N4OS. The normalized spacial score (nSPS) is 18.9. The molecule has 2 atom stereocenters. The van der Waals surface area contributed by atoms with Crippen LogP contribution in [-0.4, -0.2) is 39.8 Å². The maximum atomic E-state index is 5.71. The zero-order valence-electron chi connectivity index (χ0n) is 17.0. The summed E-state index contributed by atoms with van der Waals surface area (Å²) in [4.78, 5) is 6.85. The molecule has 1 N–H and O–H groups in total. The minimum atomic E-state index is -0.00900. The number of nitrogens with one attached hydrogen (secondary N) is 1. The van der Waals surface area contributed by atoms with Crippen LogP contribution in [0.15, 0.2) is 60.8 Å². The van der Waals surface area contributed by atoms with Crippen LogP contribution in [0.2, 0.25) is 0 Å². The average Bonchev–Trinajstić information content (AvgIpc) is 3.23. The van der Waals surface area contributed by atoms with Gasteiger partial charge in [-0.15, -0.1) is 0 Å². The highest BCUT2D eigenvalue weighted by molar-refractivity contribution is 7.80. The van der Waals surface area contributed by atoms with Crippen molar-refractivity contribution in [2.75, 3.05) is 20.3 Å². The van der Waals surface area contributed by atoms with Crippen molar-refractivity contribution < 1.29 is 4.74 Å². The Morgan fingerprint density at radius 2 is 1.86 bits per heavy atom. The number of nitrogens with zero attached hydrogens (tertiary/aromatic N) is 3. The predicted octanol–water partition coefficient (Wildman–Crippen LogP) is 4.11. The van der Waals surface area contributed by atoms with E-state index in [4.69, 9.17) is 17.0 Å². The summed E-state index contributed by atoms with van der Waals surface area (Å²) in [7, 11) is 1.72. The van der Waals surface area contributed by atoms with Gasteiger partial charge in [-0.1, -0.05) is 24.3 Å². The lowest BCUT2D eigenvalue weighted by molar-refractivity contribution is 0.164. The summed E-state index contributed by atoms with van der Waals surface area (Å²) in [5.74, 6) is 0. The van der Waals surface area contributed by atoms with Crippen LogP contribution in [0.3, 0.4) is 0 Å². The van der Waals surface area contributed by atoms with E-state index in [9.17, 15) is 0 Å². The Morgan fingerprint density at radius 1 is 1.10 bits per heavy atom. The molecule has 0 unspecified atom stereocenters. The third-order valence-electron chi connectivity index (χ3n) is 5.54. The number of hydrogen-bond donors (Lipinski definition) is 1. The number of methoxy groups -OCH3 is 1. The van der Waals surface area contributed by atoms with E-state index < -0.39 is 0 Å². The first kappa shape index (κ1) is 19.6. The van der Waals surface area contributed by atoms with Gasteiger partial charge in [-0.3, -0.25) is 4.98 Å². The maximum absolute atomic E-state index is 5.71. The zero-order chi connectivity index (χ0) is 20.4. The van der Waals surface area contributed by atoms with Gasteiger partial charge in [0, 0.05) is 36.9 Å². The van der Waals surface area contributed by atoms with E-state index in [0.29, 0.717) is 6.61 Å². The number of thiocarbonyl (C=S) groups is 1. The van der Waals surface area contributed by atoms with Gasteiger partial charge < -0.3 is 19.5 Å². The summed E-state index contributed by atoms with van der Waals surface area (Å²) < 4.78 is 7.66. The molecule has 5 nitrogen and oxygen atoms in total. The fourth-order valence-electron chi connectivity index (χ4n) is 4.24. The molecule has 0 aliphatic carbocycles. The monoisotopic (exact) mass is 406 g/mol. The third-order valence-corrected chi connectivity index (χ3v) is 5.89. The predicted molar refractivity (Wildman–Crippen MR) is 119 cm³/mol. The van der Waals surface area contributed by atoms with Crippen molar-refractivity contribution in [3.8, 4) is 5.69 Å². The molecule has 150 valence electrons. The van der Waals surface area contributed by atoms with Gasteiger partial charge in [0.2, 0.25) is 0 Å². The van der Waals surface area contributed by atoms with Crippen LogP contribution in [0.25, 0.3) is 5.69 Å². The van der Waals surface area contributed by atoms with Crippen molar-refractivity contribution in [3.63, 3.8) is 0 Å². The minimum absolute atomic E-state index is 0.00900. The van der Waals surface area contributed by atoms with Crippen molar-refractivity contribution in [3.05, 3.63) is 83.4 Å². The molecule has 1 aliphatic heterocycles. The summed E-state index contributed by atoms with van der Waals surface area (Å²) in [5, 5.41) is 4.25. The fraction of sp³-hybridized carbons (Fsp3) is 0.304. The standard InChI is InChI=1S/C23H26N4OS/c1-16-15-19(17(2)27(16)18-9-5-4-6-10-18)22-21(20-11-7-8-12-24-20)25-23(29)26(22)13-14-28-3/h4-12,15,21-22H,13-14H2,1-3H3,(H,25,29)/t21-,22+/m0/s1. The second-order valence-electron chi connectivity index (χ2n) is 7.31. The summed E-state index contributed by atoms with van der Waals surface area (Å²) in [6.45, 7) is 5.68. The summed E-state index contributed by atoms with van der Waals surface area (Å²) in [5.41, 5.74) is 5.83. The van der Waals surface area contributed by atoms with Crippen LogP contribution in [0.1, 0.15) is 34.7 Å². The third kappa shape index (κ3) is 3.66. The number of hydrogen-bond acceptors (Lipinski definition) is 3. The highest BCUT2D eigenvalue weighted by Crippen LogP contribution is 2.41. The second-order valence-corrected chi connectivity index (χ2v) is 7.70. The summed E-state index contributed by atoms with van der Waals surface area (Å²) in [6, 6.07) is 18.8. The molecule has 0 bridgehead atoms. The number of rotatable bonds is 6. The molecule has 0 radical (unpaired) electrons. The Balaban J connectivity index is 1.81. The molecule has 0 amide bonds. The van der Waals surface area contributed by atoms with E-state index in [-0.39, 0.29) is 12.1 Å². The second kappa shape index (κ2) is 8.35. The van der Waals surface area contributed by atoms with E-state index in [1.165, 1.54) is 22.6 Å². The van der Waals surface area contributed by atoms with Crippen molar-refractivity contribution in [2.24, 2.45) is 0 Å². The molecular weight excluding hydrogens is 380 g/mol. The van der Waals surface area contributed by atoms with Gasteiger partial charge in [0.25, 0.3) is 0 Å². The van der Waals surface area contributed by atoms with Gasteiger partial charge in [-0.2, -0.15) is 0 Å². The molecule has 1 aliphatic rings. The summed E-state index contributed by atoms with van der Waals surface area (Å²) in [6.07, 6.45) is 1.84. The minimum Gasteiger partial charge on any atom is -0.383 e. The van der Waals surface area contributed by atoms with Crippen LogP contribution in [0, 0.1) is 13.8 Å². The van der Waals surface area contributed by atoms with Gasteiger partial charge >= 0.3 is 0 Å². The molecule has 2 aromatic heterocycles. The van der Waals surface area contributed by atoms with Crippen molar-refractivity contribution in [2.45, 2.75) is 25.9 Å². The fourth-order valence-corrected chi connectivity index (χ4v) is 4.57. The van der Waals surface area contributed by atoms with E-state index in [1.807, 2.05) is 24.4 Å². The lowest BCUT2D eigenvalue weighted by Crippen LogP contribution is -2.32. The molecule has 1 fully saturated rings. The molecule has 1 saturated heterocycles. The van der Waals surface area contributed by atoms with Crippen molar-refractivity contribution in [1.29, 1.82) is 0 Å². The van der Waals surface area contributed by atoms with Crippen LogP contribution >= 0.6 is 12.2 Å². The SMILES string of the molecule is COCCN1C(=S)N[C@@H](c2ccccn2)[C@H]1c1cc(C)n(-c2ccccc2)c1C. The largest absolute Gasteiger partial charge is 0.383 e. The van der Waals surface area contributed by atoms with Gasteiger partial charge in [0.1, 0.15) is 0 Å². The average molecular weight is 407 g/mol. The van der Waals surface area contributed by atoms with E-state index in [2.05, 4.69) is 70.0 Å². The Bertz CT molecular complexity index is 987. The number of benzene rings is 1. The van der Waals surface area contributed by atoms with Crippen LogP contribution in [0.4, 0.5) is 0 Å². The topological polar surface area (TPSA) is 42.3 Å². The lowest BCUT2D eigenvalue weighted by Gasteiger charge is -2.28. The first-order valence-corrected chi connectivity index (χ1v) is 10.2. The number of para-hydroxylation sites is 1. The molecule has 3 heterocycles. The van der Waals surface area contributed by atoms with Crippen molar-refractivity contribution >= 4 is 17.3 Å². The van der Waals surface area contributed by atoms with Crippen LogP contribution in [0.5, 0.6) is 0 Å². The maximum Gasteiger partial charge on any atom is 0.170 e. The highest BCUT2D eigenvalue weighted by Gasteiger charge is 2.41. The zero-order valence-corrected chi connectivity index (χ0v) is 17.8. The molecule has 6 heteroatoms. The van der Waals surface area contributed by atoms with E-state index in [1.54, 1.807) is 7.11 Å². The number of aromatic nitrogens is 2. The van der Waals surface area contributed by atoms with Gasteiger partial charge in [0.05, 0.1) is 24.4 Å². The Morgan fingerprint density at radius 3 is 2.55 bits per heavy atom. The molecule has 29 heavy (non-hydrogen) atoms. The van der Waals surface area contributed by atoms with Gasteiger partial charge in [-0.05, 0) is 62.0 Å². The first-order valence-electron chi connectivity index (χ1n) is 9.83. The molecule has 1 aromatic carbocycles.